The van der Waals surface area contributed by atoms with E-state index in [0.29, 0.717) is 25.0 Å². The van der Waals surface area contributed by atoms with E-state index in [1.165, 1.54) is 0 Å². The monoisotopic (exact) mass is 287 g/mol. The van der Waals surface area contributed by atoms with E-state index in [1.807, 2.05) is 19.0 Å². The summed E-state index contributed by atoms with van der Waals surface area (Å²) in [5.74, 6) is 1.08. The summed E-state index contributed by atoms with van der Waals surface area (Å²) in [5.41, 5.74) is 0. The van der Waals surface area contributed by atoms with Crippen LogP contribution in [0.3, 0.4) is 0 Å². The zero-order chi connectivity index (χ0) is 14.0. The maximum absolute atomic E-state index is 5.93. The molecule has 19 heavy (non-hydrogen) atoms. The van der Waals surface area contributed by atoms with Crippen LogP contribution in [0.25, 0.3) is 0 Å². The molecular formula is C11H18ClN5O2. The standard InChI is InChI=1S/C11H18ClN5O2/c1-16(2)10-13-9(12)14-11(15-10)17-5-7(18-3)8(6-17)19-4/h7-8H,5-6H2,1-4H3. The van der Waals surface area contributed by atoms with Crippen molar-refractivity contribution in [3.05, 3.63) is 5.28 Å². The molecule has 8 heteroatoms. The summed E-state index contributed by atoms with van der Waals surface area (Å²) in [5, 5.41) is 0.184. The van der Waals surface area contributed by atoms with Gasteiger partial charge in [-0.2, -0.15) is 15.0 Å². The summed E-state index contributed by atoms with van der Waals surface area (Å²) in [4.78, 5) is 16.4. The van der Waals surface area contributed by atoms with E-state index in [4.69, 9.17) is 21.1 Å². The SMILES string of the molecule is COC1CN(c2nc(Cl)nc(N(C)C)n2)CC1OC. The van der Waals surface area contributed by atoms with Gasteiger partial charge in [-0.05, 0) is 11.6 Å². The van der Waals surface area contributed by atoms with Crippen molar-refractivity contribution in [2.75, 3.05) is 51.2 Å². The molecule has 0 aliphatic carbocycles. The highest BCUT2D eigenvalue weighted by atomic mass is 35.5. The van der Waals surface area contributed by atoms with Crippen LogP contribution in [0.15, 0.2) is 0 Å². The van der Waals surface area contributed by atoms with Crippen LogP contribution in [-0.2, 0) is 9.47 Å². The van der Waals surface area contributed by atoms with Gasteiger partial charge in [-0.15, -0.1) is 0 Å². The summed E-state index contributed by atoms with van der Waals surface area (Å²) in [6, 6.07) is 0. The minimum absolute atomic E-state index is 0.00310. The fourth-order valence-electron chi connectivity index (χ4n) is 2.03. The molecule has 1 aromatic rings. The zero-order valence-corrected chi connectivity index (χ0v) is 12.3. The van der Waals surface area contributed by atoms with Gasteiger partial charge in [0.15, 0.2) is 0 Å². The fraction of sp³-hybridized carbons (Fsp3) is 0.727. The van der Waals surface area contributed by atoms with Crippen molar-refractivity contribution < 1.29 is 9.47 Å². The number of halogens is 1. The van der Waals surface area contributed by atoms with Crippen molar-refractivity contribution in [3.63, 3.8) is 0 Å². The lowest BCUT2D eigenvalue weighted by Gasteiger charge is -2.18. The highest BCUT2D eigenvalue weighted by Crippen LogP contribution is 2.22. The molecule has 1 saturated heterocycles. The molecule has 2 unspecified atom stereocenters. The predicted octanol–water partition coefficient (Wildman–Crippen LogP) is 0.441. The molecule has 2 atom stereocenters. The number of nitrogens with zero attached hydrogens (tertiary/aromatic N) is 5. The molecule has 1 aromatic heterocycles. The Balaban J connectivity index is 2.23. The lowest BCUT2D eigenvalue weighted by atomic mass is 10.3. The zero-order valence-electron chi connectivity index (χ0n) is 11.5. The molecule has 0 aromatic carbocycles. The Kier molecular flexibility index (Phi) is 4.38. The van der Waals surface area contributed by atoms with Gasteiger partial charge in [0.1, 0.15) is 12.2 Å². The summed E-state index contributed by atoms with van der Waals surface area (Å²) in [6.45, 7) is 1.34. The van der Waals surface area contributed by atoms with E-state index in [9.17, 15) is 0 Å². The molecule has 2 heterocycles. The Morgan fingerprint density at radius 1 is 1.11 bits per heavy atom. The molecule has 0 N–H and O–H groups in total. The number of anilines is 2. The van der Waals surface area contributed by atoms with E-state index in [1.54, 1.807) is 19.1 Å². The third-order valence-corrected chi connectivity index (χ3v) is 3.26. The third-order valence-electron chi connectivity index (χ3n) is 3.09. The number of hydrogen-bond acceptors (Lipinski definition) is 7. The molecule has 7 nitrogen and oxygen atoms in total. The van der Waals surface area contributed by atoms with Gasteiger partial charge >= 0.3 is 0 Å². The van der Waals surface area contributed by atoms with Gasteiger partial charge in [0.2, 0.25) is 17.2 Å². The van der Waals surface area contributed by atoms with Crippen LogP contribution in [0.5, 0.6) is 0 Å². The van der Waals surface area contributed by atoms with Crippen molar-refractivity contribution in [2.45, 2.75) is 12.2 Å². The Hall–Kier alpha value is -1.18. The lowest BCUT2D eigenvalue weighted by Crippen LogP contribution is -2.27. The van der Waals surface area contributed by atoms with E-state index < -0.39 is 0 Å². The van der Waals surface area contributed by atoms with Crippen LogP contribution in [0.2, 0.25) is 5.28 Å². The van der Waals surface area contributed by atoms with Crippen LogP contribution < -0.4 is 9.80 Å². The van der Waals surface area contributed by atoms with Crippen LogP contribution in [0, 0.1) is 0 Å². The highest BCUT2D eigenvalue weighted by Gasteiger charge is 2.34. The number of ether oxygens (including phenoxy) is 2. The number of aromatic nitrogens is 3. The maximum atomic E-state index is 5.93. The summed E-state index contributed by atoms with van der Waals surface area (Å²) >= 11 is 5.93. The predicted molar refractivity (Wildman–Crippen MR) is 73.0 cm³/mol. The van der Waals surface area contributed by atoms with Gasteiger partial charge < -0.3 is 19.3 Å². The smallest absolute Gasteiger partial charge is 0.231 e. The second kappa shape index (κ2) is 5.85. The number of rotatable bonds is 4. The molecule has 2 rings (SSSR count). The van der Waals surface area contributed by atoms with Gasteiger partial charge in [0, 0.05) is 41.4 Å². The summed E-state index contributed by atoms with van der Waals surface area (Å²) < 4.78 is 10.8. The molecule has 1 fully saturated rings. The van der Waals surface area contributed by atoms with Gasteiger partial charge in [-0.1, -0.05) is 0 Å². The first-order valence-corrected chi connectivity index (χ1v) is 6.32. The minimum atomic E-state index is 0.00310. The molecule has 0 saturated carbocycles. The fourth-order valence-corrected chi connectivity index (χ4v) is 2.18. The number of hydrogen-bond donors (Lipinski definition) is 0. The summed E-state index contributed by atoms with van der Waals surface area (Å²) in [7, 11) is 7.06. The molecule has 106 valence electrons. The largest absolute Gasteiger partial charge is 0.377 e. The molecule has 0 amide bonds. The van der Waals surface area contributed by atoms with Crippen molar-refractivity contribution in [2.24, 2.45) is 0 Å². The molecule has 1 aliphatic heterocycles. The average Bonchev–Trinajstić information content (AvgIpc) is 2.81. The first-order chi connectivity index (χ1) is 9.05. The Morgan fingerprint density at radius 3 is 2.16 bits per heavy atom. The lowest BCUT2D eigenvalue weighted by molar-refractivity contribution is -0.00461. The van der Waals surface area contributed by atoms with Gasteiger partial charge in [0.05, 0.1) is 0 Å². The van der Waals surface area contributed by atoms with Crippen molar-refractivity contribution in [3.8, 4) is 0 Å². The molecule has 0 radical (unpaired) electrons. The second-order valence-corrected chi connectivity index (χ2v) is 4.89. The third kappa shape index (κ3) is 3.05. The average molecular weight is 288 g/mol. The van der Waals surface area contributed by atoms with Crippen LogP contribution >= 0.6 is 11.6 Å². The van der Waals surface area contributed by atoms with Gasteiger partial charge in [-0.3, -0.25) is 0 Å². The van der Waals surface area contributed by atoms with Crippen molar-refractivity contribution >= 4 is 23.5 Å². The van der Waals surface area contributed by atoms with Crippen LogP contribution in [-0.4, -0.2) is 68.6 Å². The first kappa shape index (κ1) is 14.2. The quantitative estimate of drug-likeness (QED) is 0.796. The Labute approximate surface area is 117 Å². The topological polar surface area (TPSA) is 63.6 Å². The first-order valence-electron chi connectivity index (χ1n) is 5.94. The normalized spacial score (nSPS) is 22.9. The van der Waals surface area contributed by atoms with E-state index in [0.717, 1.165) is 0 Å². The van der Waals surface area contributed by atoms with Crippen molar-refractivity contribution in [1.82, 2.24) is 15.0 Å². The van der Waals surface area contributed by atoms with Crippen molar-refractivity contribution in [1.29, 1.82) is 0 Å². The highest BCUT2D eigenvalue weighted by molar-refractivity contribution is 6.28. The minimum Gasteiger partial charge on any atom is -0.377 e. The number of methoxy groups -OCH3 is 2. The molecule has 0 spiro atoms. The van der Waals surface area contributed by atoms with Crippen LogP contribution in [0.4, 0.5) is 11.9 Å². The molecule has 1 aliphatic rings. The van der Waals surface area contributed by atoms with Gasteiger partial charge in [-0.25, -0.2) is 0 Å². The van der Waals surface area contributed by atoms with Crippen LogP contribution in [0.1, 0.15) is 0 Å². The molecule has 0 bridgehead atoms. The second-order valence-electron chi connectivity index (χ2n) is 4.55. The van der Waals surface area contributed by atoms with E-state index in [2.05, 4.69) is 15.0 Å². The van der Waals surface area contributed by atoms with E-state index >= 15 is 0 Å². The summed E-state index contributed by atoms with van der Waals surface area (Å²) in [6.07, 6.45) is 0.00620. The Bertz CT molecular complexity index is 433. The van der Waals surface area contributed by atoms with E-state index in [-0.39, 0.29) is 17.5 Å². The van der Waals surface area contributed by atoms with Gasteiger partial charge in [0.25, 0.3) is 0 Å². The Morgan fingerprint density at radius 2 is 1.68 bits per heavy atom. The maximum Gasteiger partial charge on any atom is 0.231 e. The molecular weight excluding hydrogens is 270 g/mol.